The fourth-order valence-electron chi connectivity index (χ4n) is 6.70. The molecule has 0 radical (unpaired) electrons. The number of hydrogen-bond acceptors (Lipinski definition) is 9. The Morgan fingerprint density at radius 1 is 0.880 bits per heavy atom. The molecule has 50 heavy (non-hydrogen) atoms. The van der Waals surface area contributed by atoms with Gasteiger partial charge in [-0.05, 0) is 59.2 Å². The van der Waals surface area contributed by atoms with Crippen LogP contribution in [0.2, 0.25) is 0 Å². The van der Waals surface area contributed by atoms with Gasteiger partial charge in [-0.2, -0.15) is 4.98 Å². The minimum absolute atomic E-state index is 0.0405. The van der Waals surface area contributed by atoms with E-state index >= 15 is 0 Å². The third-order valence-electron chi connectivity index (χ3n) is 9.36. The van der Waals surface area contributed by atoms with Gasteiger partial charge < -0.3 is 34.1 Å². The van der Waals surface area contributed by atoms with Crippen LogP contribution in [0.1, 0.15) is 39.7 Å². The standard InChI is InChI=1S/C39H37N3O8/c1-46-30-17-13-28(14-18-30)39(27-11-7-4-8-12-27,29-15-19-31(47-2)20-16-29)49-25-38-24-48-32(35(38)43)23-34(50-38)42-22-21-33(41-37(42)45)40-36(44)26-9-5-3-6-10-26/h3-22,32,34-35,43H,23-25H2,1-2H3,(H,40,41,44,45)/t32?,34-,35+,38+/m1/s1. The molecule has 2 bridgehead atoms. The van der Waals surface area contributed by atoms with E-state index in [1.54, 1.807) is 38.5 Å². The quantitative estimate of drug-likeness (QED) is 0.187. The second-order valence-electron chi connectivity index (χ2n) is 12.3. The van der Waals surface area contributed by atoms with Crippen molar-refractivity contribution in [1.29, 1.82) is 0 Å². The molecule has 2 aliphatic heterocycles. The van der Waals surface area contributed by atoms with Crippen LogP contribution >= 0.6 is 0 Å². The van der Waals surface area contributed by atoms with E-state index in [0.717, 1.165) is 16.7 Å². The summed E-state index contributed by atoms with van der Waals surface area (Å²) in [5, 5.41) is 14.2. The average molecular weight is 676 g/mol. The van der Waals surface area contributed by atoms with E-state index in [9.17, 15) is 14.7 Å². The maximum Gasteiger partial charge on any atom is 0.351 e. The molecule has 1 aromatic heterocycles. The summed E-state index contributed by atoms with van der Waals surface area (Å²) in [4.78, 5) is 30.1. The Labute approximate surface area is 289 Å². The summed E-state index contributed by atoms with van der Waals surface area (Å²) in [5.41, 5.74) is -0.199. The van der Waals surface area contributed by atoms with Gasteiger partial charge in [-0.3, -0.25) is 9.36 Å². The lowest BCUT2D eigenvalue weighted by Crippen LogP contribution is -2.57. The zero-order valence-electron chi connectivity index (χ0n) is 27.6. The van der Waals surface area contributed by atoms with Crippen molar-refractivity contribution >= 4 is 11.7 Å². The molecule has 2 fully saturated rings. The second kappa shape index (κ2) is 13.9. The molecule has 1 unspecified atom stereocenters. The molecule has 2 saturated heterocycles. The number of nitrogens with zero attached hydrogens (tertiary/aromatic N) is 2. The lowest BCUT2D eigenvalue weighted by atomic mass is 9.79. The maximum absolute atomic E-state index is 13.3. The first-order valence-corrected chi connectivity index (χ1v) is 16.3. The van der Waals surface area contributed by atoms with Crippen molar-refractivity contribution in [3.63, 3.8) is 0 Å². The van der Waals surface area contributed by atoms with Crippen molar-refractivity contribution in [3.05, 3.63) is 154 Å². The summed E-state index contributed by atoms with van der Waals surface area (Å²) in [6.45, 7) is -0.0552. The molecule has 0 aliphatic carbocycles. The monoisotopic (exact) mass is 675 g/mol. The number of ether oxygens (including phenoxy) is 5. The molecule has 0 saturated carbocycles. The Bertz CT molecular complexity index is 1940. The summed E-state index contributed by atoms with van der Waals surface area (Å²) in [5.74, 6) is 1.11. The van der Waals surface area contributed by atoms with Gasteiger partial charge in [0.25, 0.3) is 5.91 Å². The largest absolute Gasteiger partial charge is 0.497 e. The van der Waals surface area contributed by atoms with Crippen LogP contribution in [0.4, 0.5) is 5.82 Å². The first-order valence-electron chi connectivity index (χ1n) is 16.3. The van der Waals surface area contributed by atoms with Gasteiger partial charge in [0.15, 0.2) is 0 Å². The van der Waals surface area contributed by atoms with Gasteiger partial charge in [0, 0.05) is 18.2 Å². The summed E-state index contributed by atoms with van der Waals surface area (Å²) < 4.78 is 32.0. The number of aliphatic hydroxyl groups excluding tert-OH is 1. The van der Waals surface area contributed by atoms with Crippen LogP contribution in [-0.2, 0) is 19.8 Å². The van der Waals surface area contributed by atoms with Crippen LogP contribution in [-0.4, -0.2) is 65.8 Å². The lowest BCUT2D eigenvalue weighted by molar-refractivity contribution is -0.224. The number of nitrogens with one attached hydrogen (secondary N) is 1. The van der Waals surface area contributed by atoms with Crippen molar-refractivity contribution in [3.8, 4) is 11.5 Å². The molecular weight excluding hydrogens is 638 g/mol. The molecule has 1 amide bonds. The maximum atomic E-state index is 13.3. The highest BCUT2D eigenvalue weighted by Gasteiger charge is 2.57. The fourth-order valence-corrected chi connectivity index (χ4v) is 6.70. The van der Waals surface area contributed by atoms with E-state index in [4.69, 9.17) is 23.7 Å². The number of rotatable bonds is 11. The molecule has 2 aliphatic rings. The zero-order chi connectivity index (χ0) is 34.7. The lowest BCUT2D eigenvalue weighted by Gasteiger charge is -2.43. The minimum atomic E-state index is -1.33. The third-order valence-corrected chi connectivity index (χ3v) is 9.36. The van der Waals surface area contributed by atoms with E-state index in [1.807, 2.05) is 84.9 Å². The van der Waals surface area contributed by atoms with Crippen molar-refractivity contribution < 1.29 is 33.6 Å². The Morgan fingerprint density at radius 3 is 2.04 bits per heavy atom. The predicted octanol–water partition coefficient (Wildman–Crippen LogP) is 4.94. The number of hydrogen-bond donors (Lipinski definition) is 2. The number of aromatic nitrogens is 2. The highest BCUT2D eigenvalue weighted by Crippen LogP contribution is 2.46. The average Bonchev–Trinajstić information content (AvgIpc) is 3.32. The van der Waals surface area contributed by atoms with Crippen LogP contribution < -0.4 is 20.5 Å². The fraction of sp³-hybridized carbons (Fsp3) is 0.256. The number of methoxy groups -OCH3 is 2. The smallest absolute Gasteiger partial charge is 0.351 e. The highest BCUT2D eigenvalue weighted by atomic mass is 16.6. The van der Waals surface area contributed by atoms with Gasteiger partial charge in [0.1, 0.15) is 40.9 Å². The summed E-state index contributed by atoms with van der Waals surface area (Å²) in [7, 11) is 3.23. The van der Waals surface area contributed by atoms with Gasteiger partial charge in [0.2, 0.25) is 0 Å². The first-order chi connectivity index (χ1) is 24.3. The topological polar surface area (TPSA) is 130 Å². The van der Waals surface area contributed by atoms with Crippen LogP contribution in [0.15, 0.2) is 126 Å². The van der Waals surface area contributed by atoms with Gasteiger partial charge in [-0.15, -0.1) is 0 Å². The first kappa shape index (κ1) is 33.2. The number of amides is 1. The summed E-state index contributed by atoms with van der Waals surface area (Å²) in [6, 6.07) is 35.3. The van der Waals surface area contributed by atoms with Crippen molar-refractivity contribution in [1.82, 2.24) is 9.55 Å². The molecule has 4 atom stereocenters. The molecule has 256 valence electrons. The van der Waals surface area contributed by atoms with E-state index < -0.39 is 35.3 Å². The SMILES string of the molecule is COc1ccc(C(OC[C@]23COC(C[C@H](n4ccc(NC(=O)c5ccccc5)nc4=O)O2)[C@@H]3O)(c2ccccc2)c2ccc(OC)cc2)cc1. The molecular formula is C39H37N3O8. The van der Waals surface area contributed by atoms with Crippen molar-refractivity contribution in [2.24, 2.45) is 0 Å². The van der Waals surface area contributed by atoms with E-state index in [0.29, 0.717) is 17.1 Å². The van der Waals surface area contributed by atoms with Gasteiger partial charge in [0.05, 0.1) is 33.5 Å². The van der Waals surface area contributed by atoms with Crippen LogP contribution in [0, 0.1) is 0 Å². The summed E-state index contributed by atoms with van der Waals surface area (Å²) in [6.07, 6.45) is -0.737. The number of carbonyl (C=O) groups excluding carboxylic acids is 1. The van der Waals surface area contributed by atoms with Gasteiger partial charge >= 0.3 is 5.69 Å². The molecule has 0 spiro atoms. The van der Waals surface area contributed by atoms with Crippen molar-refractivity contribution in [2.45, 2.75) is 36.1 Å². The molecule has 2 N–H and O–H groups in total. The molecule has 11 heteroatoms. The van der Waals surface area contributed by atoms with Crippen LogP contribution in [0.3, 0.4) is 0 Å². The number of fused-ring (bicyclic) bond motifs is 2. The van der Waals surface area contributed by atoms with Crippen molar-refractivity contribution in [2.75, 3.05) is 32.8 Å². The third kappa shape index (κ3) is 6.16. The van der Waals surface area contributed by atoms with E-state index in [1.165, 1.54) is 16.8 Å². The second-order valence-corrected chi connectivity index (χ2v) is 12.3. The Balaban J connectivity index is 1.22. The van der Waals surface area contributed by atoms with Crippen LogP contribution in [0.5, 0.6) is 11.5 Å². The summed E-state index contributed by atoms with van der Waals surface area (Å²) >= 11 is 0. The molecule has 11 nitrogen and oxygen atoms in total. The number of carbonyl (C=O) groups is 1. The highest BCUT2D eigenvalue weighted by molar-refractivity contribution is 6.03. The normalized spacial score (nSPS) is 21.4. The predicted molar refractivity (Wildman–Crippen MR) is 184 cm³/mol. The van der Waals surface area contributed by atoms with E-state index in [2.05, 4.69) is 10.3 Å². The number of aliphatic hydroxyl groups is 1. The Kier molecular flexibility index (Phi) is 9.21. The minimum Gasteiger partial charge on any atom is -0.497 e. The zero-order valence-corrected chi connectivity index (χ0v) is 27.6. The Hall–Kier alpha value is -5.33. The molecule has 4 aromatic carbocycles. The molecule has 3 heterocycles. The molecule has 5 aromatic rings. The van der Waals surface area contributed by atoms with E-state index in [-0.39, 0.29) is 31.4 Å². The number of benzene rings is 4. The number of anilines is 1. The van der Waals surface area contributed by atoms with Crippen LogP contribution in [0.25, 0.3) is 0 Å². The molecule has 7 rings (SSSR count). The Morgan fingerprint density at radius 2 is 1.46 bits per heavy atom. The van der Waals surface area contributed by atoms with Gasteiger partial charge in [-0.25, -0.2) is 4.79 Å². The van der Waals surface area contributed by atoms with Gasteiger partial charge in [-0.1, -0.05) is 72.8 Å².